The fourth-order valence-corrected chi connectivity index (χ4v) is 7.57. The first-order valence-corrected chi connectivity index (χ1v) is 15.1. The van der Waals surface area contributed by atoms with Gasteiger partial charge in [0, 0.05) is 12.2 Å². The van der Waals surface area contributed by atoms with E-state index in [0.717, 1.165) is 23.1 Å². The number of carbonyl (C=O) groups excluding carboxylic acids is 1. The number of nitrogen functional groups attached to an aromatic ring is 1. The number of carbonyl (C=O) groups is 1. The average Bonchev–Trinajstić information content (AvgIpc) is 3.24. The molecule has 0 aliphatic heterocycles. The van der Waals surface area contributed by atoms with E-state index in [1.807, 2.05) is 45.3 Å². The molecule has 0 saturated carbocycles. The molecule has 0 fully saturated rings. The second-order valence-electron chi connectivity index (χ2n) is 10.7. The van der Waals surface area contributed by atoms with E-state index < -0.39 is 12.7 Å². The molecule has 3 atom stereocenters. The van der Waals surface area contributed by atoms with Crippen LogP contribution in [-0.2, 0) is 25.4 Å². The molecule has 1 aromatic carbocycles. The first kappa shape index (κ1) is 29.7. The molecule has 2 aromatic heterocycles. The highest BCUT2D eigenvalue weighted by Crippen LogP contribution is 2.49. The van der Waals surface area contributed by atoms with Crippen LogP contribution in [0.5, 0.6) is 0 Å². The number of rotatable bonds is 13. The van der Waals surface area contributed by atoms with Gasteiger partial charge in [-0.05, 0) is 59.1 Å². The van der Waals surface area contributed by atoms with E-state index in [-0.39, 0.29) is 30.6 Å². The van der Waals surface area contributed by atoms with Gasteiger partial charge in [-0.15, -0.1) is 0 Å². The number of hydrogen-bond donors (Lipinski definition) is 2. The molecule has 3 aromatic rings. The molecule has 3 rings (SSSR count). The summed E-state index contributed by atoms with van der Waals surface area (Å²) in [6.45, 7) is 14.2. The number of esters is 1. The lowest BCUT2D eigenvalue weighted by Crippen LogP contribution is -2.35. The number of imidazole rings is 1. The molecule has 10 nitrogen and oxygen atoms in total. The minimum Gasteiger partial charge on any atom is -0.465 e. The lowest BCUT2D eigenvalue weighted by atomic mass is 9.97. The number of aromatic nitrogens is 4. The van der Waals surface area contributed by atoms with Crippen LogP contribution in [0.1, 0.15) is 63.8 Å². The zero-order chi connectivity index (χ0) is 28.1. The lowest BCUT2D eigenvalue weighted by molar-refractivity contribution is -0.152. The SMILES string of the molecule is CCCOC(=O)C(C)(C)CP(=O)(CO[C@H](C)Cn1cnc2c(N)ncnc21)N[C@H](C)c1ccc(C)cc1C. The predicted molar refractivity (Wildman–Crippen MR) is 150 cm³/mol. The quantitative estimate of drug-likeness (QED) is 0.225. The van der Waals surface area contributed by atoms with Crippen molar-refractivity contribution in [2.45, 2.75) is 73.6 Å². The Morgan fingerprint density at radius 3 is 2.63 bits per heavy atom. The molecular weight excluding hydrogens is 503 g/mol. The topological polar surface area (TPSA) is 134 Å². The maximum atomic E-state index is 14.4. The van der Waals surface area contributed by atoms with E-state index in [9.17, 15) is 9.36 Å². The Bertz CT molecular complexity index is 1310. The van der Waals surface area contributed by atoms with Crippen molar-refractivity contribution in [3.63, 3.8) is 0 Å². The number of nitrogens with two attached hydrogens (primary N) is 1. The molecule has 0 saturated heterocycles. The molecule has 208 valence electrons. The third-order valence-electron chi connectivity index (χ3n) is 6.41. The highest BCUT2D eigenvalue weighted by Gasteiger charge is 2.39. The molecular formula is C27H41N6O4P. The van der Waals surface area contributed by atoms with Crippen molar-refractivity contribution in [2.24, 2.45) is 5.41 Å². The summed E-state index contributed by atoms with van der Waals surface area (Å²) in [6, 6.07) is 5.99. The van der Waals surface area contributed by atoms with Gasteiger partial charge in [-0.3, -0.25) is 9.88 Å². The van der Waals surface area contributed by atoms with Crippen molar-refractivity contribution in [1.29, 1.82) is 0 Å². The Morgan fingerprint density at radius 2 is 1.95 bits per heavy atom. The van der Waals surface area contributed by atoms with Crippen LogP contribution in [0.15, 0.2) is 30.9 Å². The van der Waals surface area contributed by atoms with Gasteiger partial charge in [0.1, 0.15) is 18.2 Å². The number of fused-ring (bicyclic) bond motifs is 1. The van der Waals surface area contributed by atoms with Crippen LogP contribution in [0.25, 0.3) is 11.2 Å². The highest BCUT2D eigenvalue weighted by atomic mass is 31.2. The van der Waals surface area contributed by atoms with Crippen molar-refractivity contribution >= 4 is 30.2 Å². The van der Waals surface area contributed by atoms with Gasteiger partial charge in [-0.1, -0.05) is 30.7 Å². The van der Waals surface area contributed by atoms with Crippen LogP contribution in [0, 0.1) is 19.3 Å². The lowest BCUT2D eigenvalue weighted by Gasteiger charge is -2.32. The number of ether oxygens (including phenoxy) is 2. The van der Waals surface area contributed by atoms with Gasteiger partial charge >= 0.3 is 5.97 Å². The van der Waals surface area contributed by atoms with Gasteiger partial charge in [0.25, 0.3) is 0 Å². The van der Waals surface area contributed by atoms with Crippen LogP contribution in [0.2, 0.25) is 0 Å². The maximum Gasteiger partial charge on any atom is 0.312 e. The fraction of sp³-hybridized carbons (Fsp3) is 0.556. The monoisotopic (exact) mass is 544 g/mol. The largest absolute Gasteiger partial charge is 0.465 e. The van der Waals surface area contributed by atoms with E-state index in [2.05, 4.69) is 32.2 Å². The van der Waals surface area contributed by atoms with E-state index in [4.69, 9.17) is 15.2 Å². The third-order valence-corrected chi connectivity index (χ3v) is 9.14. The molecule has 0 aliphatic rings. The van der Waals surface area contributed by atoms with Crippen LogP contribution in [0.3, 0.4) is 0 Å². The van der Waals surface area contributed by atoms with Gasteiger partial charge in [0.2, 0.25) is 0 Å². The summed E-state index contributed by atoms with van der Waals surface area (Å²) >= 11 is 0. The molecule has 0 spiro atoms. The summed E-state index contributed by atoms with van der Waals surface area (Å²) in [7, 11) is -3.22. The Morgan fingerprint density at radius 1 is 1.21 bits per heavy atom. The Hall–Kier alpha value is -2.81. The number of aryl methyl sites for hydroxylation is 2. The maximum absolute atomic E-state index is 14.4. The van der Waals surface area contributed by atoms with Crippen molar-refractivity contribution < 1.29 is 18.8 Å². The summed E-state index contributed by atoms with van der Waals surface area (Å²) in [6.07, 6.45) is 3.50. The standard InChI is InChI=1S/C27H41N6O4P/c1-8-11-36-26(34)27(6,7)14-38(35,32-21(5)22-10-9-18(2)12-19(22)3)17-37-20(4)13-33-16-31-23-24(28)29-15-30-25(23)33/h9-10,12,15-16,20-21H,8,11,13-14,17H2,1-7H3,(H,32,35)(H2,28,29,30)/t20-,21-,38?/m1/s1. The molecule has 1 unspecified atom stereocenters. The Kier molecular flexibility index (Phi) is 9.68. The van der Waals surface area contributed by atoms with Crippen LogP contribution in [0.4, 0.5) is 5.82 Å². The third kappa shape index (κ3) is 7.40. The first-order valence-electron chi connectivity index (χ1n) is 13.0. The number of nitrogens with zero attached hydrogens (tertiary/aromatic N) is 4. The second-order valence-corrected chi connectivity index (χ2v) is 13.3. The number of hydrogen-bond acceptors (Lipinski definition) is 8. The van der Waals surface area contributed by atoms with Crippen LogP contribution < -0.4 is 10.8 Å². The van der Waals surface area contributed by atoms with Crippen LogP contribution in [-0.4, -0.2) is 50.7 Å². The van der Waals surface area contributed by atoms with Crippen LogP contribution >= 0.6 is 7.29 Å². The Labute approximate surface area is 225 Å². The molecule has 0 aliphatic carbocycles. The smallest absolute Gasteiger partial charge is 0.312 e. The summed E-state index contributed by atoms with van der Waals surface area (Å²) in [5, 5.41) is 3.35. The summed E-state index contributed by atoms with van der Waals surface area (Å²) in [4.78, 5) is 25.4. The predicted octanol–water partition coefficient (Wildman–Crippen LogP) is 5.00. The molecule has 2 heterocycles. The highest BCUT2D eigenvalue weighted by molar-refractivity contribution is 7.61. The zero-order valence-electron chi connectivity index (χ0n) is 23.5. The minimum absolute atomic E-state index is 0.0440. The minimum atomic E-state index is -3.22. The first-order chi connectivity index (χ1) is 17.8. The van der Waals surface area contributed by atoms with E-state index in [1.165, 1.54) is 6.33 Å². The molecule has 0 radical (unpaired) electrons. The van der Waals surface area contributed by atoms with Crippen molar-refractivity contribution in [3.8, 4) is 0 Å². The number of benzene rings is 1. The molecule has 38 heavy (non-hydrogen) atoms. The molecule has 11 heteroatoms. The molecule has 3 N–H and O–H groups in total. The van der Waals surface area contributed by atoms with E-state index in [1.54, 1.807) is 20.2 Å². The van der Waals surface area contributed by atoms with Gasteiger partial charge in [0.15, 0.2) is 18.8 Å². The second kappa shape index (κ2) is 12.4. The normalized spacial score (nSPS) is 15.2. The number of anilines is 1. The van der Waals surface area contributed by atoms with Crippen molar-refractivity contribution in [3.05, 3.63) is 47.5 Å². The summed E-state index contributed by atoms with van der Waals surface area (Å²) in [5.41, 5.74) is 9.41. The van der Waals surface area contributed by atoms with Crippen molar-refractivity contribution in [2.75, 3.05) is 24.9 Å². The molecule has 0 bridgehead atoms. The Balaban J connectivity index is 1.79. The summed E-state index contributed by atoms with van der Waals surface area (Å²) in [5.74, 6) is -0.0515. The van der Waals surface area contributed by atoms with Gasteiger partial charge in [-0.25, -0.2) is 15.0 Å². The van der Waals surface area contributed by atoms with Gasteiger partial charge in [-0.2, -0.15) is 0 Å². The van der Waals surface area contributed by atoms with E-state index in [0.29, 0.717) is 30.1 Å². The fourth-order valence-electron chi connectivity index (χ4n) is 4.57. The van der Waals surface area contributed by atoms with Gasteiger partial charge < -0.3 is 24.3 Å². The average molecular weight is 545 g/mol. The number of nitrogens with one attached hydrogen (secondary N) is 1. The summed E-state index contributed by atoms with van der Waals surface area (Å²) < 4.78 is 27.8. The van der Waals surface area contributed by atoms with Crippen molar-refractivity contribution in [1.82, 2.24) is 24.6 Å². The van der Waals surface area contributed by atoms with Gasteiger partial charge in [0.05, 0.1) is 31.0 Å². The zero-order valence-corrected chi connectivity index (χ0v) is 24.4. The molecule has 0 amide bonds. The van der Waals surface area contributed by atoms with E-state index >= 15 is 0 Å².